The number of rotatable bonds is 5. The van der Waals surface area contributed by atoms with Crippen molar-refractivity contribution < 1.29 is 9.46 Å². The molecule has 2 rings (SSSR count). The molecule has 0 saturated heterocycles. The van der Waals surface area contributed by atoms with Gasteiger partial charge in [0.15, 0.2) is 6.16 Å². The summed E-state index contributed by atoms with van der Waals surface area (Å²) in [5, 5.41) is 2.52. The van der Waals surface area contributed by atoms with Gasteiger partial charge in [-0.3, -0.25) is 0 Å². The van der Waals surface area contributed by atoms with Crippen LogP contribution in [0.5, 0.6) is 0 Å². The van der Waals surface area contributed by atoms with Crippen LogP contribution in [0.15, 0.2) is 60.7 Å². The molecule has 4 heteroatoms. The van der Waals surface area contributed by atoms with Crippen LogP contribution >= 0.6 is 15.9 Å². The minimum atomic E-state index is -2.05. The average molecular weight is 277 g/mol. The molecule has 2 nitrogen and oxygen atoms in total. The summed E-state index contributed by atoms with van der Waals surface area (Å²) in [6.45, 7) is 0. The summed E-state index contributed by atoms with van der Waals surface area (Å²) in [5.74, 6) is 0. The third-order valence-electron chi connectivity index (χ3n) is 2.65. The highest BCUT2D eigenvalue weighted by Crippen LogP contribution is 2.35. The van der Waals surface area contributed by atoms with Crippen molar-refractivity contribution in [2.45, 2.75) is 0 Å². The third kappa shape index (κ3) is 3.71. The molecule has 1 atom stereocenters. The molecule has 0 aliphatic heterocycles. The highest BCUT2D eigenvalue weighted by Gasteiger charge is 2.19. The molecule has 0 saturated carbocycles. The fourth-order valence-corrected chi connectivity index (χ4v) is 5.17. The summed E-state index contributed by atoms with van der Waals surface area (Å²) < 4.78 is 10.9. The molecule has 0 aliphatic rings. The van der Waals surface area contributed by atoms with Crippen molar-refractivity contribution in [2.24, 2.45) is 0 Å². The molecule has 0 heterocycles. The van der Waals surface area contributed by atoms with Gasteiger partial charge in [0.25, 0.3) is 0 Å². The molecule has 1 unspecified atom stereocenters. The Hall–Kier alpha value is -1.07. The van der Waals surface area contributed by atoms with Crippen molar-refractivity contribution in [3.63, 3.8) is 0 Å². The maximum absolute atomic E-state index is 10.9. The predicted octanol–water partition coefficient (Wildman–Crippen LogP) is 2.85. The first-order valence-corrected chi connectivity index (χ1v) is 8.71. The van der Waals surface area contributed by atoms with E-state index in [-0.39, 0.29) is 0 Å². The normalized spacial score (nSPS) is 11.6. The molecule has 0 fully saturated rings. The molecule has 0 spiro atoms. The van der Waals surface area contributed by atoms with Gasteiger partial charge in [0.1, 0.15) is 0 Å². The molecule has 0 aromatic heterocycles. The summed E-state index contributed by atoms with van der Waals surface area (Å²) in [4.78, 5) is 9.01. The SMILES string of the molecule is O=[P+](O)CCP(c1ccccc1)c1ccccc1. The van der Waals surface area contributed by atoms with Crippen LogP contribution in [0.1, 0.15) is 0 Å². The van der Waals surface area contributed by atoms with Crippen LogP contribution in [-0.2, 0) is 4.57 Å². The fraction of sp³-hybridized carbons (Fsp3) is 0.143. The highest BCUT2D eigenvalue weighted by molar-refractivity contribution is 7.73. The van der Waals surface area contributed by atoms with Gasteiger partial charge in [-0.05, 0) is 23.1 Å². The lowest BCUT2D eigenvalue weighted by molar-refractivity contribution is 0.504. The van der Waals surface area contributed by atoms with Crippen molar-refractivity contribution in [3.8, 4) is 0 Å². The Morgan fingerprint density at radius 1 is 0.889 bits per heavy atom. The van der Waals surface area contributed by atoms with Gasteiger partial charge in [-0.1, -0.05) is 60.7 Å². The molecular weight excluding hydrogens is 262 g/mol. The van der Waals surface area contributed by atoms with Crippen LogP contribution in [0.2, 0.25) is 0 Å². The number of hydrogen-bond acceptors (Lipinski definition) is 1. The first-order chi connectivity index (χ1) is 8.77. The minimum absolute atomic E-state index is 0.366. The van der Waals surface area contributed by atoms with E-state index < -0.39 is 15.9 Å². The highest BCUT2D eigenvalue weighted by atomic mass is 31.1. The summed E-state index contributed by atoms with van der Waals surface area (Å²) >= 11 is 0. The van der Waals surface area contributed by atoms with Crippen molar-refractivity contribution in [1.82, 2.24) is 0 Å². The number of hydrogen-bond donors (Lipinski definition) is 1. The average Bonchev–Trinajstić information content (AvgIpc) is 2.41. The maximum atomic E-state index is 10.9. The zero-order valence-corrected chi connectivity index (χ0v) is 11.7. The fourth-order valence-electron chi connectivity index (χ4n) is 1.81. The molecule has 2 aromatic carbocycles. The van der Waals surface area contributed by atoms with Gasteiger partial charge in [0.2, 0.25) is 0 Å². The van der Waals surface area contributed by atoms with Gasteiger partial charge < -0.3 is 0 Å². The van der Waals surface area contributed by atoms with E-state index in [1.54, 1.807) is 0 Å². The van der Waals surface area contributed by atoms with Crippen LogP contribution in [0.25, 0.3) is 0 Å². The Morgan fingerprint density at radius 3 is 1.72 bits per heavy atom. The van der Waals surface area contributed by atoms with Gasteiger partial charge in [-0.15, -0.1) is 0 Å². The first-order valence-electron chi connectivity index (χ1n) is 5.78. The lowest BCUT2D eigenvalue weighted by Gasteiger charge is -2.16. The largest absolute Gasteiger partial charge is 0.505 e. The standard InChI is InChI=1S/C14H14O2P2/c15-18(16)12-11-17(13-7-3-1-4-8-13)14-9-5-2-6-10-14/h1-10H,11-12H2/p+1. The van der Waals surface area contributed by atoms with E-state index in [4.69, 9.17) is 4.89 Å². The first kappa shape index (κ1) is 13.4. The van der Waals surface area contributed by atoms with E-state index in [0.717, 1.165) is 6.16 Å². The van der Waals surface area contributed by atoms with E-state index in [1.807, 2.05) is 36.4 Å². The Balaban J connectivity index is 2.26. The second kappa shape index (κ2) is 6.75. The van der Waals surface area contributed by atoms with Gasteiger partial charge >= 0.3 is 8.03 Å². The van der Waals surface area contributed by atoms with Gasteiger partial charge in [-0.2, -0.15) is 4.89 Å². The van der Waals surface area contributed by atoms with Crippen LogP contribution in [-0.4, -0.2) is 17.2 Å². The Kier molecular flexibility index (Phi) is 5.01. The van der Waals surface area contributed by atoms with Crippen molar-refractivity contribution >= 4 is 26.6 Å². The Labute approximate surface area is 109 Å². The van der Waals surface area contributed by atoms with Gasteiger partial charge in [-0.25, -0.2) is 0 Å². The summed E-state index contributed by atoms with van der Waals surface area (Å²) in [5.41, 5.74) is 0. The lowest BCUT2D eigenvalue weighted by Crippen LogP contribution is -2.14. The third-order valence-corrected chi connectivity index (χ3v) is 6.12. The van der Waals surface area contributed by atoms with Crippen molar-refractivity contribution in [2.75, 3.05) is 12.3 Å². The molecule has 18 heavy (non-hydrogen) atoms. The molecule has 1 N–H and O–H groups in total. The van der Waals surface area contributed by atoms with E-state index >= 15 is 0 Å². The predicted molar refractivity (Wildman–Crippen MR) is 78.6 cm³/mol. The summed E-state index contributed by atoms with van der Waals surface area (Å²) in [6.07, 6.45) is 1.12. The molecule has 0 aliphatic carbocycles. The molecule has 0 amide bonds. The summed E-state index contributed by atoms with van der Waals surface area (Å²) in [7, 11) is -2.57. The molecule has 0 bridgehead atoms. The van der Waals surface area contributed by atoms with Crippen LogP contribution in [0.4, 0.5) is 0 Å². The Morgan fingerprint density at radius 2 is 1.33 bits per heavy atom. The van der Waals surface area contributed by atoms with Crippen molar-refractivity contribution in [1.29, 1.82) is 0 Å². The quantitative estimate of drug-likeness (QED) is 0.853. The molecule has 0 radical (unpaired) electrons. The zero-order chi connectivity index (χ0) is 12.8. The van der Waals surface area contributed by atoms with E-state index in [2.05, 4.69) is 24.3 Å². The smallest absolute Gasteiger partial charge is 0.161 e. The second-order valence-electron chi connectivity index (χ2n) is 3.90. The minimum Gasteiger partial charge on any atom is -0.161 e. The van der Waals surface area contributed by atoms with E-state index in [0.29, 0.717) is 6.16 Å². The van der Waals surface area contributed by atoms with Gasteiger partial charge in [0, 0.05) is 6.16 Å². The van der Waals surface area contributed by atoms with E-state index in [1.165, 1.54) is 10.6 Å². The van der Waals surface area contributed by atoms with Gasteiger partial charge in [0.05, 0.1) is 0 Å². The molecule has 2 aromatic rings. The monoisotopic (exact) mass is 277 g/mol. The van der Waals surface area contributed by atoms with E-state index in [9.17, 15) is 4.57 Å². The van der Waals surface area contributed by atoms with Crippen LogP contribution in [0.3, 0.4) is 0 Å². The zero-order valence-electron chi connectivity index (χ0n) is 9.94. The topological polar surface area (TPSA) is 37.3 Å². The molecule has 92 valence electrons. The van der Waals surface area contributed by atoms with Crippen molar-refractivity contribution in [3.05, 3.63) is 60.7 Å². The van der Waals surface area contributed by atoms with Crippen LogP contribution in [0, 0.1) is 0 Å². The second-order valence-corrected chi connectivity index (χ2v) is 7.39. The van der Waals surface area contributed by atoms with Crippen LogP contribution < -0.4 is 10.6 Å². The lowest BCUT2D eigenvalue weighted by atomic mass is 10.4. The summed E-state index contributed by atoms with van der Waals surface area (Å²) in [6, 6.07) is 20.5. The maximum Gasteiger partial charge on any atom is 0.505 e. The Bertz CT molecular complexity index is 460. The molecular formula is C14H15O2P2+. The number of benzene rings is 2.